The van der Waals surface area contributed by atoms with Gasteiger partial charge in [-0.2, -0.15) is 0 Å². The van der Waals surface area contributed by atoms with Crippen LogP contribution in [0.3, 0.4) is 0 Å². The van der Waals surface area contributed by atoms with E-state index in [0.717, 1.165) is 5.56 Å². The molecule has 0 bridgehead atoms. The number of ether oxygens (including phenoxy) is 1. The van der Waals surface area contributed by atoms with Crippen molar-refractivity contribution in [3.05, 3.63) is 53.3 Å². The van der Waals surface area contributed by atoms with Crippen LogP contribution < -0.4 is 14.8 Å². The molecule has 0 radical (unpaired) electrons. The number of carbonyl (C=O) groups is 1. The van der Waals surface area contributed by atoms with Crippen LogP contribution in [0.4, 0.5) is 0 Å². The molecule has 27 heavy (non-hydrogen) atoms. The van der Waals surface area contributed by atoms with Gasteiger partial charge in [-0.25, -0.2) is 13.1 Å². The number of rotatable bonds is 9. The molecule has 1 heterocycles. The van der Waals surface area contributed by atoms with Gasteiger partial charge in [0.1, 0.15) is 5.75 Å². The first-order valence-corrected chi connectivity index (χ1v) is 10.2. The van der Waals surface area contributed by atoms with E-state index in [2.05, 4.69) is 15.0 Å². The minimum Gasteiger partial charge on any atom is -0.482 e. The predicted octanol–water partition coefficient (Wildman–Crippen LogP) is 2.36. The quantitative estimate of drug-likeness (QED) is 0.660. The molecule has 0 fully saturated rings. The lowest BCUT2D eigenvalue weighted by molar-refractivity contribution is -0.123. The second-order valence-electron chi connectivity index (χ2n) is 6.26. The Bertz CT molecular complexity index is 873. The maximum Gasteiger partial charge on any atom is 0.258 e. The molecule has 2 rings (SSSR count). The Morgan fingerprint density at radius 1 is 1.30 bits per heavy atom. The number of nitrogens with one attached hydrogen (secondary N) is 2. The Balaban J connectivity index is 1.91. The maximum absolute atomic E-state index is 12.2. The van der Waals surface area contributed by atoms with Crippen LogP contribution in [0.1, 0.15) is 19.4 Å². The normalized spacial score (nSPS) is 11.4. The van der Waals surface area contributed by atoms with Crippen molar-refractivity contribution in [3.63, 3.8) is 0 Å². The van der Waals surface area contributed by atoms with E-state index >= 15 is 0 Å². The fraction of sp³-hybridized carbons (Fsp3) is 0.333. The molecule has 7 nitrogen and oxygen atoms in total. The summed E-state index contributed by atoms with van der Waals surface area (Å²) in [5.74, 6) is 0.0873. The highest BCUT2D eigenvalue weighted by Crippen LogP contribution is 2.27. The number of carbonyl (C=O) groups excluding carboxylic acids is 1. The SMILES string of the molecule is CC(C)CNS(=O)(=O)c1ccc(OCC(=O)NCc2cccnc2)c(Cl)c1. The van der Waals surface area contributed by atoms with Crippen molar-refractivity contribution >= 4 is 27.5 Å². The zero-order valence-corrected chi connectivity index (χ0v) is 16.7. The summed E-state index contributed by atoms with van der Waals surface area (Å²) in [5, 5.41) is 2.81. The van der Waals surface area contributed by atoms with E-state index in [0.29, 0.717) is 13.1 Å². The van der Waals surface area contributed by atoms with E-state index in [1.165, 1.54) is 18.2 Å². The number of sulfonamides is 1. The van der Waals surface area contributed by atoms with Crippen molar-refractivity contribution in [1.82, 2.24) is 15.0 Å². The second-order valence-corrected chi connectivity index (χ2v) is 8.44. The van der Waals surface area contributed by atoms with Crippen LogP contribution in [0.15, 0.2) is 47.6 Å². The van der Waals surface area contributed by atoms with Crippen molar-refractivity contribution in [2.45, 2.75) is 25.3 Å². The summed E-state index contributed by atoms with van der Waals surface area (Å²) in [7, 11) is -3.64. The topological polar surface area (TPSA) is 97.4 Å². The van der Waals surface area contributed by atoms with Crippen LogP contribution in [0.5, 0.6) is 5.75 Å². The van der Waals surface area contributed by atoms with Crippen LogP contribution in [-0.2, 0) is 21.4 Å². The second kappa shape index (κ2) is 9.68. The molecule has 0 saturated heterocycles. The lowest BCUT2D eigenvalue weighted by atomic mass is 10.2. The van der Waals surface area contributed by atoms with Gasteiger partial charge in [0, 0.05) is 25.5 Å². The number of pyridine rings is 1. The molecule has 0 saturated carbocycles. The average Bonchev–Trinajstić information content (AvgIpc) is 2.64. The molecule has 0 atom stereocenters. The number of amides is 1. The molecular formula is C18H22ClN3O4S. The standard InChI is InChI=1S/C18H22ClN3O4S/c1-13(2)9-22-27(24,25)15-5-6-17(16(19)8-15)26-12-18(23)21-11-14-4-3-7-20-10-14/h3-8,10,13,22H,9,11-12H2,1-2H3,(H,21,23). The molecule has 2 N–H and O–H groups in total. The number of aromatic nitrogens is 1. The Morgan fingerprint density at radius 2 is 2.07 bits per heavy atom. The fourth-order valence-corrected chi connectivity index (χ4v) is 3.56. The summed E-state index contributed by atoms with van der Waals surface area (Å²) >= 11 is 6.10. The summed E-state index contributed by atoms with van der Waals surface area (Å²) in [6.45, 7) is 4.24. The van der Waals surface area contributed by atoms with Crippen molar-refractivity contribution in [1.29, 1.82) is 0 Å². The third kappa shape index (κ3) is 6.82. The van der Waals surface area contributed by atoms with Crippen LogP contribution in [0.25, 0.3) is 0 Å². The van der Waals surface area contributed by atoms with Gasteiger partial charge in [0.15, 0.2) is 6.61 Å². The molecule has 146 valence electrons. The minimum absolute atomic E-state index is 0.0431. The van der Waals surface area contributed by atoms with Crippen LogP contribution in [0.2, 0.25) is 5.02 Å². The van der Waals surface area contributed by atoms with Gasteiger partial charge in [-0.3, -0.25) is 9.78 Å². The van der Waals surface area contributed by atoms with Gasteiger partial charge in [0.05, 0.1) is 9.92 Å². The highest BCUT2D eigenvalue weighted by atomic mass is 35.5. The minimum atomic E-state index is -3.64. The number of nitrogens with zero attached hydrogens (tertiary/aromatic N) is 1. The van der Waals surface area contributed by atoms with Gasteiger partial charge < -0.3 is 10.1 Å². The lowest BCUT2D eigenvalue weighted by Crippen LogP contribution is -2.28. The van der Waals surface area contributed by atoms with Gasteiger partial charge in [-0.15, -0.1) is 0 Å². The highest BCUT2D eigenvalue weighted by molar-refractivity contribution is 7.89. The predicted molar refractivity (Wildman–Crippen MR) is 103 cm³/mol. The summed E-state index contributed by atoms with van der Waals surface area (Å²) < 4.78 is 32.3. The van der Waals surface area contributed by atoms with Crippen molar-refractivity contribution in [2.24, 2.45) is 5.92 Å². The number of hydrogen-bond acceptors (Lipinski definition) is 5. The molecule has 0 spiro atoms. The first-order chi connectivity index (χ1) is 12.8. The fourth-order valence-electron chi connectivity index (χ4n) is 2.02. The van der Waals surface area contributed by atoms with E-state index < -0.39 is 10.0 Å². The van der Waals surface area contributed by atoms with E-state index in [1.54, 1.807) is 18.5 Å². The van der Waals surface area contributed by atoms with E-state index in [9.17, 15) is 13.2 Å². The molecule has 1 aromatic heterocycles. The van der Waals surface area contributed by atoms with E-state index in [-0.39, 0.29) is 34.1 Å². The smallest absolute Gasteiger partial charge is 0.258 e. The molecule has 9 heteroatoms. The molecule has 1 aromatic carbocycles. The molecule has 0 aliphatic rings. The number of benzene rings is 1. The van der Waals surface area contributed by atoms with E-state index in [1.807, 2.05) is 19.9 Å². The first kappa shape index (κ1) is 21.1. The summed E-state index contributed by atoms with van der Waals surface area (Å²) in [6.07, 6.45) is 3.31. The monoisotopic (exact) mass is 411 g/mol. The van der Waals surface area contributed by atoms with Gasteiger partial charge in [0.2, 0.25) is 10.0 Å². The van der Waals surface area contributed by atoms with E-state index in [4.69, 9.17) is 16.3 Å². The zero-order chi connectivity index (χ0) is 19.9. The molecular weight excluding hydrogens is 390 g/mol. The van der Waals surface area contributed by atoms with Crippen molar-refractivity contribution in [3.8, 4) is 5.75 Å². The number of hydrogen-bond donors (Lipinski definition) is 2. The highest BCUT2D eigenvalue weighted by Gasteiger charge is 2.16. The summed E-state index contributed by atoms with van der Waals surface area (Å²) in [5.41, 5.74) is 0.868. The summed E-state index contributed by atoms with van der Waals surface area (Å²) in [4.78, 5) is 15.9. The molecule has 0 aliphatic carbocycles. The average molecular weight is 412 g/mol. The Kier molecular flexibility index (Phi) is 7.58. The third-order valence-corrected chi connectivity index (χ3v) is 5.18. The molecule has 0 unspecified atom stereocenters. The van der Waals surface area contributed by atoms with Gasteiger partial charge in [0.25, 0.3) is 5.91 Å². The van der Waals surface area contributed by atoms with Gasteiger partial charge in [-0.05, 0) is 35.7 Å². The maximum atomic E-state index is 12.2. The molecule has 2 aromatic rings. The Morgan fingerprint density at radius 3 is 2.70 bits per heavy atom. The largest absolute Gasteiger partial charge is 0.482 e. The van der Waals surface area contributed by atoms with Crippen LogP contribution in [-0.4, -0.2) is 32.5 Å². The number of halogens is 1. The lowest BCUT2D eigenvalue weighted by Gasteiger charge is -2.12. The zero-order valence-electron chi connectivity index (χ0n) is 15.1. The van der Waals surface area contributed by atoms with Crippen LogP contribution in [0, 0.1) is 5.92 Å². The van der Waals surface area contributed by atoms with Crippen LogP contribution >= 0.6 is 11.6 Å². The summed E-state index contributed by atoms with van der Waals surface area (Å²) in [6, 6.07) is 7.74. The molecule has 0 aliphatic heterocycles. The van der Waals surface area contributed by atoms with Crippen molar-refractivity contribution in [2.75, 3.05) is 13.2 Å². The first-order valence-electron chi connectivity index (χ1n) is 8.35. The van der Waals surface area contributed by atoms with Gasteiger partial charge >= 0.3 is 0 Å². The third-order valence-electron chi connectivity index (χ3n) is 3.47. The Hall–Kier alpha value is -2.16. The van der Waals surface area contributed by atoms with Crippen molar-refractivity contribution < 1.29 is 17.9 Å². The Labute approximate surface area is 164 Å². The molecule has 1 amide bonds. The van der Waals surface area contributed by atoms with Gasteiger partial charge in [-0.1, -0.05) is 31.5 Å².